The molecule has 1 heterocycles. The summed E-state index contributed by atoms with van der Waals surface area (Å²) >= 11 is 0. The minimum absolute atomic E-state index is 0.0680. The minimum atomic E-state index is -1.17. The van der Waals surface area contributed by atoms with Crippen molar-refractivity contribution in [2.75, 3.05) is 5.73 Å². The van der Waals surface area contributed by atoms with E-state index in [2.05, 4.69) is 0 Å². The SMILES string of the molecule is Nc1cc2oc3ccccc3c(=O)c2cc1C(=O)O. The number of aromatic carboxylic acids is 1. The van der Waals surface area contributed by atoms with Gasteiger partial charge < -0.3 is 15.3 Å². The number of para-hydroxylation sites is 1. The van der Waals surface area contributed by atoms with E-state index in [1.807, 2.05) is 0 Å². The van der Waals surface area contributed by atoms with Gasteiger partial charge in [-0.05, 0) is 18.2 Å². The second kappa shape index (κ2) is 3.84. The first-order valence-corrected chi connectivity index (χ1v) is 5.56. The Hall–Kier alpha value is -2.82. The van der Waals surface area contributed by atoms with E-state index in [-0.39, 0.29) is 27.6 Å². The van der Waals surface area contributed by atoms with Gasteiger partial charge in [-0.3, -0.25) is 4.79 Å². The number of carboxylic acids is 1. The quantitative estimate of drug-likeness (QED) is 0.513. The van der Waals surface area contributed by atoms with E-state index in [0.717, 1.165) is 0 Å². The van der Waals surface area contributed by atoms with Crippen LogP contribution in [-0.2, 0) is 0 Å². The van der Waals surface area contributed by atoms with Crippen molar-refractivity contribution in [1.29, 1.82) is 0 Å². The zero-order chi connectivity index (χ0) is 13.6. The highest BCUT2D eigenvalue weighted by molar-refractivity contribution is 6.00. The fourth-order valence-corrected chi connectivity index (χ4v) is 2.05. The molecule has 0 amide bonds. The van der Waals surface area contributed by atoms with Crippen LogP contribution < -0.4 is 11.2 Å². The summed E-state index contributed by atoms with van der Waals surface area (Å²) in [7, 11) is 0. The number of nitrogen functional groups attached to an aromatic ring is 1. The molecule has 5 nitrogen and oxygen atoms in total. The predicted molar refractivity (Wildman–Crippen MR) is 71.4 cm³/mol. The topological polar surface area (TPSA) is 93.5 Å². The summed E-state index contributed by atoms with van der Waals surface area (Å²) in [4.78, 5) is 23.3. The van der Waals surface area contributed by atoms with E-state index in [9.17, 15) is 9.59 Å². The third-order valence-electron chi connectivity index (χ3n) is 2.98. The molecule has 0 unspecified atom stereocenters. The van der Waals surface area contributed by atoms with Crippen LogP contribution in [0.3, 0.4) is 0 Å². The summed E-state index contributed by atoms with van der Waals surface area (Å²) in [5.74, 6) is -1.17. The van der Waals surface area contributed by atoms with Crippen molar-refractivity contribution in [3.63, 3.8) is 0 Å². The van der Waals surface area contributed by atoms with Gasteiger partial charge in [0.1, 0.15) is 11.2 Å². The van der Waals surface area contributed by atoms with Gasteiger partial charge in [-0.25, -0.2) is 4.79 Å². The smallest absolute Gasteiger partial charge is 0.337 e. The van der Waals surface area contributed by atoms with Gasteiger partial charge in [0.2, 0.25) is 5.43 Å². The molecule has 94 valence electrons. The van der Waals surface area contributed by atoms with E-state index >= 15 is 0 Å². The van der Waals surface area contributed by atoms with E-state index < -0.39 is 5.97 Å². The summed E-state index contributed by atoms with van der Waals surface area (Å²) in [6.07, 6.45) is 0. The molecule has 0 atom stereocenters. The van der Waals surface area contributed by atoms with Gasteiger partial charge in [0.05, 0.1) is 16.3 Å². The molecular formula is C14H9NO4. The molecule has 0 aliphatic heterocycles. The first-order valence-electron chi connectivity index (χ1n) is 5.56. The highest BCUT2D eigenvalue weighted by Gasteiger charge is 2.14. The number of nitrogens with two attached hydrogens (primary N) is 1. The second-order valence-corrected chi connectivity index (χ2v) is 4.17. The standard InChI is InChI=1S/C14H9NO4/c15-10-6-12-9(5-8(10)14(17)18)13(16)7-3-1-2-4-11(7)19-12/h1-6H,15H2,(H,17,18). The maximum absolute atomic E-state index is 12.3. The molecule has 0 bridgehead atoms. The van der Waals surface area contributed by atoms with Gasteiger partial charge in [0.15, 0.2) is 0 Å². The third-order valence-corrected chi connectivity index (χ3v) is 2.98. The number of benzene rings is 2. The molecule has 3 rings (SSSR count). The fraction of sp³-hybridized carbons (Fsp3) is 0. The maximum atomic E-state index is 12.3. The normalized spacial score (nSPS) is 10.9. The Morgan fingerprint density at radius 3 is 2.58 bits per heavy atom. The molecule has 19 heavy (non-hydrogen) atoms. The van der Waals surface area contributed by atoms with Gasteiger partial charge in [-0.2, -0.15) is 0 Å². The number of hydrogen-bond acceptors (Lipinski definition) is 4. The predicted octanol–water partition coefficient (Wildman–Crippen LogP) is 2.23. The summed E-state index contributed by atoms with van der Waals surface area (Å²) < 4.78 is 5.57. The van der Waals surface area contributed by atoms with Gasteiger partial charge in [0.25, 0.3) is 0 Å². The van der Waals surface area contributed by atoms with E-state index in [4.69, 9.17) is 15.3 Å². The zero-order valence-corrected chi connectivity index (χ0v) is 9.71. The average Bonchev–Trinajstić information content (AvgIpc) is 2.38. The molecule has 3 aromatic rings. The van der Waals surface area contributed by atoms with Crippen LogP contribution in [-0.4, -0.2) is 11.1 Å². The van der Waals surface area contributed by atoms with Crippen LogP contribution in [0.25, 0.3) is 21.9 Å². The van der Waals surface area contributed by atoms with E-state index in [1.165, 1.54) is 12.1 Å². The van der Waals surface area contributed by atoms with Crippen molar-refractivity contribution >= 4 is 33.6 Å². The highest BCUT2D eigenvalue weighted by Crippen LogP contribution is 2.23. The molecule has 0 saturated heterocycles. The van der Waals surface area contributed by atoms with Gasteiger partial charge >= 0.3 is 5.97 Å². The van der Waals surface area contributed by atoms with Crippen LogP contribution in [0, 0.1) is 0 Å². The van der Waals surface area contributed by atoms with Crippen molar-refractivity contribution < 1.29 is 14.3 Å². The van der Waals surface area contributed by atoms with Crippen molar-refractivity contribution in [2.45, 2.75) is 0 Å². The van der Waals surface area contributed by atoms with Crippen LogP contribution in [0.4, 0.5) is 5.69 Å². The Labute approximate surface area is 106 Å². The number of hydrogen-bond donors (Lipinski definition) is 2. The van der Waals surface area contributed by atoms with Gasteiger partial charge in [-0.1, -0.05) is 12.1 Å². The molecule has 0 spiro atoms. The minimum Gasteiger partial charge on any atom is -0.478 e. The third kappa shape index (κ3) is 1.63. The lowest BCUT2D eigenvalue weighted by molar-refractivity contribution is 0.0698. The Bertz CT molecular complexity index is 880. The molecule has 1 aromatic heterocycles. The molecule has 0 aliphatic carbocycles. The number of rotatable bonds is 1. The Kier molecular flexibility index (Phi) is 2.28. The lowest BCUT2D eigenvalue weighted by Gasteiger charge is -2.04. The second-order valence-electron chi connectivity index (χ2n) is 4.17. The lowest BCUT2D eigenvalue weighted by Crippen LogP contribution is -2.07. The fourth-order valence-electron chi connectivity index (χ4n) is 2.05. The monoisotopic (exact) mass is 255 g/mol. The Morgan fingerprint density at radius 2 is 1.84 bits per heavy atom. The van der Waals surface area contributed by atoms with Crippen molar-refractivity contribution in [3.8, 4) is 0 Å². The number of carbonyl (C=O) groups is 1. The maximum Gasteiger partial charge on any atom is 0.337 e. The van der Waals surface area contributed by atoms with Crippen LogP contribution in [0.2, 0.25) is 0 Å². The Balaban J connectivity index is 2.52. The van der Waals surface area contributed by atoms with Crippen LogP contribution in [0.5, 0.6) is 0 Å². The first kappa shape index (κ1) is 11.3. The van der Waals surface area contributed by atoms with Gasteiger partial charge in [-0.15, -0.1) is 0 Å². The summed E-state index contributed by atoms with van der Waals surface area (Å²) in [6.45, 7) is 0. The lowest BCUT2D eigenvalue weighted by atomic mass is 10.1. The van der Waals surface area contributed by atoms with Crippen LogP contribution in [0.1, 0.15) is 10.4 Å². The molecule has 2 aromatic carbocycles. The average molecular weight is 255 g/mol. The number of carboxylic acid groups (broad SMARTS) is 1. The number of anilines is 1. The van der Waals surface area contributed by atoms with Gasteiger partial charge in [0, 0.05) is 11.8 Å². The Morgan fingerprint density at radius 1 is 1.11 bits per heavy atom. The molecule has 3 N–H and O–H groups in total. The summed E-state index contributed by atoms with van der Waals surface area (Å²) in [5, 5.41) is 9.64. The van der Waals surface area contributed by atoms with Crippen LogP contribution >= 0.6 is 0 Å². The molecule has 0 aliphatic rings. The number of fused-ring (bicyclic) bond motifs is 2. The largest absolute Gasteiger partial charge is 0.478 e. The zero-order valence-electron chi connectivity index (χ0n) is 9.71. The van der Waals surface area contributed by atoms with Crippen LogP contribution in [0.15, 0.2) is 45.6 Å². The highest BCUT2D eigenvalue weighted by atomic mass is 16.4. The summed E-state index contributed by atoms with van der Waals surface area (Å²) in [5.41, 5.74) is 6.07. The van der Waals surface area contributed by atoms with E-state index in [1.54, 1.807) is 24.3 Å². The molecule has 0 fully saturated rings. The van der Waals surface area contributed by atoms with Crippen molar-refractivity contribution in [2.24, 2.45) is 0 Å². The summed E-state index contributed by atoms with van der Waals surface area (Å²) in [6, 6.07) is 9.42. The van der Waals surface area contributed by atoms with Crippen molar-refractivity contribution in [1.82, 2.24) is 0 Å². The molecule has 0 saturated carbocycles. The van der Waals surface area contributed by atoms with Crippen molar-refractivity contribution in [3.05, 3.63) is 52.2 Å². The first-order chi connectivity index (χ1) is 9.08. The van der Waals surface area contributed by atoms with E-state index in [0.29, 0.717) is 11.0 Å². The molecular weight excluding hydrogens is 246 g/mol. The molecule has 5 heteroatoms. The molecule has 0 radical (unpaired) electrons.